The van der Waals surface area contributed by atoms with Crippen molar-refractivity contribution >= 4 is 22.8 Å². The van der Waals surface area contributed by atoms with Crippen LogP contribution in [0.15, 0.2) is 54.6 Å². The third-order valence-electron chi connectivity index (χ3n) is 4.44. The monoisotopic (exact) mass is 330 g/mol. The van der Waals surface area contributed by atoms with Crippen molar-refractivity contribution in [2.75, 3.05) is 0 Å². The molecule has 1 fully saturated rings. The maximum atomic E-state index is 12.8. The minimum atomic E-state index is -0.353. The number of nitrogens with zero attached hydrogens (tertiary/aromatic N) is 1. The lowest BCUT2D eigenvalue weighted by molar-refractivity contribution is 0.0977. The van der Waals surface area contributed by atoms with Gasteiger partial charge < -0.3 is 5.73 Å². The van der Waals surface area contributed by atoms with Crippen LogP contribution in [-0.2, 0) is 0 Å². The van der Waals surface area contributed by atoms with Crippen LogP contribution >= 0.6 is 0 Å². The Morgan fingerprint density at radius 2 is 1.76 bits per heavy atom. The normalized spacial score (nSPS) is 13.6. The highest BCUT2D eigenvalue weighted by atomic mass is 16.1. The van der Waals surface area contributed by atoms with Crippen molar-refractivity contribution in [3.05, 3.63) is 65.7 Å². The SMILES string of the molecule is N=C(N)NC(=O)c1c(C2CC2)c(-c2ccccc2)nc2ccccc12. The minimum Gasteiger partial charge on any atom is -0.370 e. The van der Waals surface area contributed by atoms with E-state index < -0.39 is 0 Å². The largest absolute Gasteiger partial charge is 0.370 e. The molecule has 0 atom stereocenters. The summed E-state index contributed by atoms with van der Waals surface area (Å²) in [5, 5.41) is 10.7. The van der Waals surface area contributed by atoms with Gasteiger partial charge in [-0.1, -0.05) is 48.5 Å². The molecule has 4 rings (SSSR count). The molecule has 0 saturated heterocycles. The Hall–Kier alpha value is -3.21. The van der Waals surface area contributed by atoms with E-state index in [9.17, 15) is 4.79 Å². The Kier molecular flexibility index (Phi) is 3.69. The smallest absolute Gasteiger partial charge is 0.258 e. The molecule has 0 bridgehead atoms. The Morgan fingerprint density at radius 1 is 1.08 bits per heavy atom. The van der Waals surface area contributed by atoms with Crippen molar-refractivity contribution in [2.45, 2.75) is 18.8 Å². The summed E-state index contributed by atoms with van der Waals surface area (Å²) in [6.07, 6.45) is 2.08. The van der Waals surface area contributed by atoms with Crippen LogP contribution in [0.2, 0.25) is 0 Å². The third-order valence-corrected chi connectivity index (χ3v) is 4.44. The topological polar surface area (TPSA) is 91.9 Å². The van der Waals surface area contributed by atoms with Crippen LogP contribution in [-0.4, -0.2) is 16.9 Å². The van der Waals surface area contributed by atoms with Gasteiger partial charge in [0.1, 0.15) is 0 Å². The summed E-state index contributed by atoms with van der Waals surface area (Å²) in [7, 11) is 0. The third kappa shape index (κ3) is 2.85. The van der Waals surface area contributed by atoms with E-state index in [1.54, 1.807) is 0 Å². The van der Waals surface area contributed by atoms with Gasteiger partial charge in [-0.05, 0) is 30.4 Å². The molecule has 0 radical (unpaired) electrons. The van der Waals surface area contributed by atoms with E-state index in [1.165, 1.54) is 0 Å². The molecule has 1 aromatic heterocycles. The Bertz CT molecular complexity index is 978. The summed E-state index contributed by atoms with van der Waals surface area (Å²) in [5.74, 6) is -0.376. The lowest BCUT2D eigenvalue weighted by atomic mass is 9.93. The maximum absolute atomic E-state index is 12.8. The molecule has 1 amide bonds. The number of amides is 1. The number of guanidine groups is 1. The lowest BCUT2D eigenvalue weighted by Gasteiger charge is -2.16. The number of carbonyl (C=O) groups excluding carboxylic acids is 1. The van der Waals surface area contributed by atoms with Gasteiger partial charge in [0, 0.05) is 10.9 Å². The predicted octanol–water partition coefficient (Wildman–Crippen LogP) is 3.40. The summed E-state index contributed by atoms with van der Waals surface area (Å²) in [6, 6.07) is 17.5. The van der Waals surface area contributed by atoms with E-state index in [0.29, 0.717) is 11.5 Å². The number of hydrogen-bond donors (Lipinski definition) is 3. The first-order valence-electron chi connectivity index (χ1n) is 8.28. The number of pyridine rings is 1. The van der Waals surface area contributed by atoms with Gasteiger partial charge in [0.2, 0.25) is 0 Å². The molecule has 0 unspecified atom stereocenters. The summed E-state index contributed by atoms with van der Waals surface area (Å²) >= 11 is 0. The van der Waals surface area contributed by atoms with E-state index >= 15 is 0 Å². The number of carbonyl (C=O) groups is 1. The van der Waals surface area contributed by atoms with Gasteiger partial charge in [-0.25, -0.2) is 4.98 Å². The first kappa shape index (κ1) is 15.3. The number of nitrogens with one attached hydrogen (secondary N) is 2. The van der Waals surface area contributed by atoms with Crippen molar-refractivity contribution in [3.63, 3.8) is 0 Å². The highest BCUT2D eigenvalue weighted by Gasteiger charge is 2.33. The zero-order chi connectivity index (χ0) is 17.4. The van der Waals surface area contributed by atoms with Crippen molar-refractivity contribution < 1.29 is 4.79 Å². The fraction of sp³-hybridized carbons (Fsp3) is 0.150. The number of aromatic nitrogens is 1. The van der Waals surface area contributed by atoms with Gasteiger partial charge >= 0.3 is 0 Å². The van der Waals surface area contributed by atoms with Gasteiger partial charge in [0.05, 0.1) is 16.8 Å². The second-order valence-corrected chi connectivity index (χ2v) is 6.27. The standard InChI is InChI=1S/C20H18N4O/c21-20(22)24-19(25)17-14-8-4-5-9-15(14)23-18(16(17)12-10-11-12)13-6-2-1-3-7-13/h1-9,12H,10-11H2,(H4,21,22,24,25). The fourth-order valence-electron chi connectivity index (χ4n) is 3.24. The quantitative estimate of drug-likeness (QED) is 0.507. The molecule has 3 aromatic rings. The molecule has 25 heavy (non-hydrogen) atoms. The first-order valence-corrected chi connectivity index (χ1v) is 8.28. The van der Waals surface area contributed by atoms with Gasteiger partial charge in [0.25, 0.3) is 5.91 Å². The molecule has 4 N–H and O–H groups in total. The van der Waals surface area contributed by atoms with Gasteiger partial charge in [-0.3, -0.25) is 15.5 Å². The molecular formula is C20H18N4O. The molecule has 2 aromatic carbocycles. The van der Waals surface area contributed by atoms with Crippen LogP contribution in [0.25, 0.3) is 22.2 Å². The zero-order valence-electron chi connectivity index (χ0n) is 13.6. The molecule has 1 saturated carbocycles. The van der Waals surface area contributed by atoms with Crippen molar-refractivity contribution in [3.8, 4) is 11.3 Å². The average molecular weight is 330 g/mol. The summed E-state index contributed by atoms with van der Waals surface area (Å²) in [6.45, 7) is 0. The summed E-state index contributed by atoms with van der Waals surface area (Å²) < 4.78 is 0. The number of benzene rings is 2. The highest BCUT2D eigenvalue weighted by Crippen LogP contribution is 2.47. The molecule has 1 aliphatic carbocycles. The molecule has 1 aliphatic rings. The van der Waals surface area contributed by atoms with Gasteiger partial charge in [-0.15, -0.1) is 0 Å². The zero-order valence-corrected chi connectivity index (χ0v) is 13.6. The molecule has 0 aliphatic heterocycles. The van der Waals surface area contributed by atoms with E-state index in [2.05, 4.69) is 5.32 Å². The van der Waals surface area contributed by atoms with Crippen LogP contribution in [0, 0.1) is 5.41 Å². The maximum Gasteiger partial charge on any atom is 0.258 e. The van der Waals surface area contributed by atoms with Crippen LogP contribution in [0.4, 0.5) is 0 Å². The lowest BCUT2D eigenvalue weighted by Crippen LogP contribution is -2.36. The number of nitrogens with two attached hydrogens (primary N) is 1. The Morgan fingerprint density at radius 3 is 2.44 bits per heavy atom. The second kappa shape index (κ2) is 6.02. The second-order valence-electron chi connectivity index (χ2n) is 6.27. The average Bonchev–Trinajstić information content (AvgIpc) is 3.45. The van der Waals surface area contributed by atoms with Crippen LogP contribution in [0.1, 0.15) is 34.7 Å². The minimum absolute atomic E-state index is 0.319. The fourth-order valence-corrected chi connectivity index (χ4v) is 3.24. The van der Waals surface area contributed by atoms with Gasteiger partial charge in [0.15, 0.2) is 5.96 Å². The van der Waals surface area contributed by atoms with E-state index in [1.807, 2.05) is 54.6 Å². The van der Waals surface area contributed by atoms with E-state index in [0.717, 1.165) is 40.6 Å². The summed E-state index contributed by atoms with van der Waals surface area (Å²) in [4.78, 5) is 17.7. The number of fused-ring (bicyclic) bond motifs is 1. The molecule has 5 heteroatoms. The van der Waals surface area contributed by atoms with Crippen molar-refractivity contribution in [1.82, 2.24) is 10.3 Å². The molecule has 124 valence electrons. The number of rotatable bonds is 3. The predicted molar refractivity (Wildman–Crippen MR) is 98.5 cm³/mol. The molecule has 1 heterocycles. The van der Waals surface area contributed by atoms with Gasteiger partial charge in [-0.2, -0.15) is 0 Å². The number of hydrogen-bond acceptors (Lipinski definition) is 3. The van der Waals surface area contributed by atoms with Crippen LogP contribution < -0.4 is 11.1 Å². The summed E-state index contributed by atoms with van der Waals surface area (Å²) in [5.41, 5.74) is 9.55. The van der Waals surface area contributed by atoms with E-state index in [4.69, 9.17) is 16.1 Å². The van der Waals surface area contributed by atoms with Crippen molar-refractivity contribution in [1.29, 1.82) is 5.41 Å². The van der Waals surface area contributed by atoms with Crippen LogP contribution in [0.3, 0.4) is 0 Å². The van der Waals surface area contributed by atoms with Crippen LogP contribution in [0.5, 0.6) is 0 Å². The molecule has 5 nitrogen and oxygen atoms in total. The Labute approximate surface area is 145 Å². The van der Waals surface area contributed by atoms with E-state index in [-0.39, 0.29) is 11.9 Å². The highest BCUT2D eigenvalue weighted by molar-refractivity contribution is 6.13. The number of para-hydroxylation sites is 1. The molecule has 0 spiro atoms. The molecular weight excluding hydrogens is 312 g/mol. The first-order chi connectivity index (χ1) is 12.1. The Balaban J connectivity index is 2.04. The van der Waals surface area contributed by atoms with Crippen molar-refractivity contribution in [2.24, 2.45) is 5.73 Å².